The van der Waals surface area contributed by atoms with Crippen LogP contribution in [0.4, 0.5) is 0 Å². The Morgan fingerprint density at radius 2 is 2.11 bits per heavy atom. The van der Waals surface area contributed by atoms with Gasteiger partial charge in [-0.3, -0.25) is 0 Å². The maximum absolute atomic E-state index is 5.63. The first kappa shape index (κ1) is 14.4. The van der Waals surface area contributed by atoms with E-state index in [0.29, 0.717) is 18.6 Å². The molecule has 1 fully saturated rings. The second kappa shape index (κ2) is 7.51. The van der Waals surface area contributed by atoms with Crippen LogP contribution in [0.5, 0.6) is 5.75 Å². The minimum absolute atomic E-state index is 0.390. The van der Waals surface area contributed by atoms with E-state index in [2.05, 4.69) is 36.5 Å². The molecular formula is C16H25NO2. The van der Waals surface area contributed by atoms with Gasteiger partial charge in [-0.1, -0.05) is 19.1 Å². The van der Waals surface area contributed by atoms with E-state index in [1.807, 2.05) is 6.92 Å². The number of hydrogen-bond donors (Lipinski definition) is 1. The molecule has 1 heterocycles. The van der Waals surface area contributed by atoms with E-state index in [4.69, 9.17) is 9.47 Å². The predicted octanol–water partition coefficient (Wildman–Crippen LogP) is 3.16. The fourth-order valence-corrected chi connectivity index (χ4v) is 2.74. The number of hydrogen-bond acceptors (Lipinski definition) is 3. The second-order valence-electron chi connectivity index (χ2n) is 5.01. The highest BCUT2D eigenvalue weighted by Crippen LogP contribution is 2.29. The van der Waals surface area contributed by atoms with Crippen molar-refractivity contribution in [1.82, 2.24) is 5.32 Å². The van der Waals surface area contributed by atoms with Gasteiger partial charge in [0.2, 0.25) is 0 Å². The number of benzene rings is 1. The molecule has 3 heteroatoms. The van der Waals surface area contributed by atoms with Crippen LogP contribution in [0.25, 0.3) is 0 Å². The van der Waals surface area contributed by atoms with Gasteiger partial charge in [-0.2, -0.15) is 0 Å². The summed E-state index contributed by atoms with van der Waals surface area (Å²) >= 11 is 0. The Morgan fingerprint density at radius 3 is 2.68 bits per heavy atom. The lowest BCUT2D eigenvalue weighted by Gasteiger charge is -2.31. The molecule has 1 saturated heterocycles. The zero-order valence-electron chi connectivity index (χ0n) is 12.0. The molecule has 2 unspecified atom stereocenters. The first-order valence-corrected chi connectivity index (χ1v) is 7.39. The van der Waals surface area contributed by atoms with E-state index in [0.717, 1.165) is 25.5 Å². The SMILES string of the molecule is CCNC(c1ccc(OCC)cc1)C1CCCOC1. The van der Waals surface area contributed by atoms with Gasteiger partial charge in [-0.25, -0.2) is 0 Å². The molecule has 1 N–H and O–H groups in total. The minimum Gasteiger partial charge on any atom is -0.494 e. The lowest BCUT2D eigenvalue weighted by molar-refractivity contribution is 0.0393. The first-order valence-electron chi connectivity index (χ1n) is 7.39. The van der Waals surface area contributed by atoms with Crippen molar-refractivity contribution in [3.63, 3.8) is 0 Å². The van der Waals surface area contributed by atoms with Gasteiger partial charge in [0.25, 0.3) is 0 Å². The third-order valence-electron chi connectivity index (χ3n) is 3.64. The summed E-state index contributed by atoms with van der Waals surface area (Å²) in [6.07, 6.45) is 2.41. The Hall–Kier alpha value is -1.06. The fourth-order valence-electron chi connectivity index (χ4n) is 2.74. The fraction of sp³-hybridized carbons (Fsp3) is 0.625. The summed E-state index contributed by atoms with van der Waals surface area (Å²) in [6, 6.07) is 8.86. The molecule has 0 radical (unpaired) electrons. The van der Waals surface area contributed by atoms with Gasteiger partial charge in [0, 0.05) is 18.6 Å². The molecule has 1 aliphatic rings. The molecule has 0 saturated carbocycles. The van der Waals surface area contributed by atoms with E-state index in [1.165, 1.54) is 18.4 Å². The van der Waals surface area contributed by atoms with E-state index in [1.54, 1.807) is 0 Å². The molecule has 2 atom stereocenters. The molecular weight excluding hydrogens is 238 g/mol. The molecule has 0 spiro atoms. The lowest BCUT2D eigenvalue weighted by atomic mass is 9.88. The highest BCUT2D eigenvalue weighted by atomic mass is 16.5. The summed E-state index contributed by atoms with van der Waals surface area (Å²) in [4.78, 5) is 0. The second-order valence-corrected chi connectivity index (χ2v) is 5.01. The van der Waals surface area contributed by atoms with Gasteiger partial charge in [-0.15, -0.1) is 0 Å². The molecule has 0 aromatic heterocycles. The first-order chi connectivity index (χ1) is 9.35. The summed E-state index contributed by atoms with van der Waals surface area (Å²) in [7, 11) is 0. The summed E-state index contributed by atoms with van der Waals surface area (Å²) in [6.45, 7) is 7.64. The van der Waals surface area contributed by atoms with Gasteiger partial charge in [0.1, 0.15) is 5.75 Å². The van der Waals surface area contributed by atoms with E-state index in [9.17, 15) is 0 Å². The molecule has 0 bridgehead atoms. The molecule has 0 aliphatic carbocycles. The summed E-state index contributed by atoms with van der Waals surface area (Å²) in [5, 5.41) is 3.60. The molecule has 0 amide bonds. The van der Waals surface area contributed by atoms with Crippen LogP contribution in [0.2, 0.25) is 0 Å². The zero-order chi connectivity index (χ0) is 13.5. The summed E-state index contributed by atoms with van der Waals surface area (Å²) in [5.41, 5.74) is 1.33. The van der Waals surface area contributed by atoms with Crippen LogP contribution < -0.4 is 10.1 Å². The van der Waals surface area contributed by atoms with E-state index >= 15 is 0 Å². The molecule has 2 rings (SSSR count). The van der Waals surface area contributed by atoms with Crippen molar-refractivity contribution in [2.75, 3.05) is 26.4 Å². The monoisotopic (exact) mass is 263 g/mol. The minimum atomic E-state index is 0.390. The topological polar surface area (TPSA) is 30.5 Å². The Kier molecular flexibility index (Phi) is 5.67. The molecule has 106 valence electrons. The summed E-state index contributed by atoms with van der Waals surface area (Å²) in [5.74, 6) is 1.52. The van der Waals surface area contributed by atoms with Crippen molar-refractivity contribution in [2.24, 2.45) is 5.92 Å². The normalized spacial score (nSPS) is 21.1. The van der Waals surface area contributed by atoms with Crippen molar-refractivity contribution >= 4 is 0 Å². The molecule has 19 heavy (non-hydrogen) atoms. The van der Waals surface area contributed by atoms with Gasteiger partial charge < -0.3 is 14.8 Å². The van der Waals surface area contributed by atoms with Crippen molar-refractivity contribution in [1.29, 1.82) is 0 Å². The molecule has 1 aliphatic heterocycles. The number of rotatable bonds is 6. The third kappa shape index (κ3) is 3.95. The van der Waals surface area contributed by atoms with Gasteiger partial charge in [-0.05, 0) is 44.0 Å². The van der Waals surface area contributed by atoms with Crippen LogP contribution in [-0.4, -0.2) is 26.4 Å². The van der Waals surface area contributed by atoms with Crippen molar-refractivity contribution in [3.8, 4) is 5.75 Å². The highest BCUT2D eigenvalue weighted by molar-refractivity contribution is 5.29. The van der Waals surface area contributed by atoms with Crippen LogP contribution in [0.1, 0.15) is 38.3 Å². The quantitative estimate of drug-likeness (QED) is 0.855. The van der Waals surface area contributed by atoms with Crippen LogP contribution in [0.3, 0.4) is 0 Å². The zero-order valence-corrected chi connectivity index (χ0v) is 12.0. The van der Waals surface area contributed by atoms with E-state index in [-0.39, 0.29) is 0 Å². The highest BCUT2D eigenvalue weighted by Gasteiger charge is 2.24. The summed E-state index contributed by atoms with van der Waals surface area (Å²) < 4.78 is 11.1. The molecule has 1 aromatic rings. The van der Waals surface area contributed by atoms with Crippen LogP contribution in [0.15, 0.2) is 24.3 Å². The van der Waals surface area contributed by atoms with Crippen LogP contribution >= 0.6 is 0 Å². The number of ether oxygens (including phenoxy) is 2. The van der Waals surface area contributed by atoms with Crippen LogP contribution in [-0.2, 0) is 4.74 Å². The average Bonchev–Trinajstić information content (AvgIpc) is 2.47. The smallest absolute Gasteiger partial charge is 0.119 e. The van der Waals surface area contributed by atoms with Crippen LogP contribution in [0, 0.1) is 5.92 Å². The van der Waals surface area contributed by atoms with Gasteiger partial charge in [0.05, 0.1) is 13.2 Å². The van der Waals surface area contributed by atoms with Gasteiger partial charge >= 0.3 is 0 Å². The maximum Gasteiger partial charge on any atom is 0.119 e. The Labute approximate surface area is 116 Å². The molecule has 3 nitrogen and oxygen atoms in total. The van der Waals surface area contributed by atoms with E-state index < -0.39 is 0 Å². The Balaban J connectivity index is 2.08. The van der Waals surface area contributed by atoms with Crippen molar-refractivity contribution < 1.29 is 9.47 Å². The number of nitrogens with one attached hydrogen (secondary N) is 1. The van der Waals surface area contributed by atoms with Crippen molar-refractivity contribution in [2.45, 2.75) is 32.7 Å². The Bertz CT molecular complexity index is 358. The standard InChI is InChI=1S/C16H25NO2/c1-3-17-16(14-6-5-11-18-12-14)13-7-9-15(10-8-13)19-4-2/h7-10,14,16-17H,3-6,11-12H2,1-2H3. The Morgan fingerprint density at radius 1 is 1.32 bits per heavy atom. The maximum atomic E-state index is 5.63. The average molecular weight is 263 g/mol. The largest absolute Gasteiger partial charge is 0.494 e. The van der Waals surface area contributed by atoms with Crippen molar-refractivity contribution in [3.05, 3.63) is 29.8 Å². The molecule has 1 aromatic carbocycles. The predicted molar refractivity (Wildman–Crippen MR) is 77.6 cm³/mol. The van der Waals surface area contributed by atoms with Gasteiger partial charge in [0.15, 0.2) is 0 Å². The lowest BCUT2D eigenvalue weighted by Crippen LogP contribution is -2.33. The third-order valence-corrected chi connectivity index (χ3v) is 3.64.